The molecule has 0 radical (unpaired) electrons. The minimum absolute atomic E-state index is 0.313. The summed E-state index contributed by atoms with van der Waals surface area (Å²) >= 11 is 3.48. The standard InChI is InChI=1S/C17H20BrN3/c1-11(2)17-20-15(18)10-16(21-17)19-14-9-5-7-12-6-3-4-8-13(12)14/h5,7,9-11H,3-4,6,8H2,1-2H3,(H,19,20,21). The van der Waals surface area contributed by atoms with E-state index in [-0.39, 0.29) is 0 Å². The van der Waals surface area contributed by atoms with Crippen LogP contribution in [0.4, 0.5) is 11.5 Å². The van der Waals surface area contributed by atoms with Crippen LogP contribution in [-0.4, -0.2) is 9.97 Å². The molecule has 0 fully saturated rings. The van der Waals surface area contributed by atoms with Crippen LogP contribution in [0.3, 0.4) is 0 Å². The fourth-order valence-electron chi connectivity index (χ4n) is 2.79. The molecule has 4 heteroatoms. The molecule has 3 nitrogen and oxygen atoms in total. The number of nitrogens with one attached hydrogen (secondary N) is 1. The lowest BCUT2D eigenvalue weighted by molar-refractivity contribution is 0.687. The van der Waals surface area contributed by atoms with Crippen molar-refractivity contribution in [2.24, 2.45) is 0 Å². The van der Waals surface area contributed by atoms with Crippen LogP contribution in [0.1, 0.15) is 49.6 Å². The molecule has 0 bridgehead atoms. The van der Waals surface area contributed by atoms with Crippen molar-refractivity contribution in [3.8, 4) is 0 Å². The van der Waals surface area contributed by atoms with Gasteiger partial charge in [-0.2, -0.15) is 0 Å². The van der Waals surface area contributed by atoms with Gasteiger partial charge in [-0.3, -0.25) is 0 Å². The minimum atomic E-state index is 0.313. The summed E-state index contributed by atoms with van der Waals surface area (Å²) < 4.78 is 0.827. The van der Waals surface area contributed by atoms with Crippen LogP contribution in [0.2, 0.25) is 0 Å². The largest absolute Gasteiger partial charge is 0.340 e. The molecule has 1 heterocycles. The molecular formula is C17H20BrN3. The molecule has 0 unspecified atom stereocenters. The Morgan fingerprint density at radius 1 is 1.14 bits per heavy atom. The van der Waals surface area contributed by atoms with Crippen molar-refractivity contribution < 1.29 is 0 Å². The zero-order valence-corrected chi connectivity index (χ0v) is 14.1. The number of hydrogen-bond donors (Lipinski definition) is 1. The molecule has 0 atom stereocenters. The number of aryl methyl sites for hydroxylation is 1. The van der Waals surface area contributed by atoms with Crippen molar-refractivity contribution in [3.63, 3.8) is 0 Å². The Hall–Kier alpha value is -1.42. The number of nitrogens with zero attached hydrogens (tertiary/aromatic N) is 2. The Kier molecular flexibility index (Phi) is 4.24. The van der Waals surface area contributed by atoms with E-state index in [9.17, 15) is 0 Å². The molecular weight excluding hydrogens is 326 g/mol. The molecule has 1 aromatic carbocycles. The summed E-state index contributed by atoms with van der Waals surface area (Å²) in [5, 5.41) is 3.49. The second kappa shape index (κ2) is 6.14. The predicted octanol–water partition coefficient (Wildman–Crippen LogP) is 4.98. The van der Waals surface area contributed by atoms with Gasteiger partial charge in [-0.15, -0.1) is 0 Å². The predicted molar refractivity (Wildman–Crippen MR) is 90.2 cm³/mol. The Balaban J connectivity index is 1.94. The monoisotopic (exact) mass is 345 g/mol. The van der Waals surface area contributed by atoms with Crippen molar-refractivity contribution in [1.29, 1.82) is 0 Å². The Morgan fingerprint density at radius 3 is 2.76 bits per heavy atom. The second-order valence-corrected chi connectivity index (χ2v) is 6.68. The maximum absolute atomic E-state index is 4.63. The number of halogens is 1. The molecule has 0 saturated carbocycles. The Morgan fingerprint density at radius 2 is 1.95 bits per heavy atom. The summed E-state index contributed by atoms with van der Waals surface area (Å²) in [4.78, 5) is 9.05. The number of rotatable bonds is 3. The van der Waals surface area contributed by atoms with E-state index in [2.05, 4.69) is 63.3 Å². The van der Waals surface area contributed by atoms with Crippen LogP contribution >= 0.6 is 15.9 Å². The van der Waals surface area contributed by atoms with Gasteiger partial charge in [-0.1, -0.05) is 26.0 Å². The first-order valence-electron chi connectivity index (χ1n) is 7.56. The second-order valence-electron chi connectivity index (χ2n) is 5.86. The van der Waals surface area contributed by atoms with Crippen LogP contribution < -0.4 is 5.32 Å². The van der Waals surface area contributed by atoms with Gasteiger partial charge in [0.15, 0.2) is 0 Å². The lowest BCUT2D eigenvalue weighted by atomic mass is 9.90. The van der Waals surface area contributed by atoms with Crippen LogP contribution in [0.5, 0.6) is 0 Å². The lowest BCUT2D eigenvalue weighted by Gasteiger charge is -2.20. The van der Waals surface area contributed by atoms with Gasteiger partial charge in [-0.25, -0.2) is 9.97 Å². The van der Waals surface area contributed by atoms with E-state index < -0.39 is 0 Å². The number of fused-ring (bicyclic) bond motifs is 1. The molecule has 1 aliphatic rings. The third kappa shape index (κ3) is 3.26. The summed E-state index contributed by atoms with van der Waals surface area (Å²) in [5.41, 5.74) is 4.11. The Bertz CT molecular complexity index is 652. The van der Waals surface area contributed by atoms with E-state index in [1.807, 2.05) is 6.07 Å². The first kappa shape index (κ1) is 14.5. The molecule has 0 amide bonds. The molecule has 110 valence electrons. The molecule has 1 aromatic heterocycles. The van der Waals surface area contributed by atoms with Gasteiger partial charge < -0.3 is 5.32 Å². The molecule has 1 N–H and O–H groups in total. The number of hydrogen-bond acceptors (Lipinski definition) is 3. The van der Waals surface area contributed by atoms with Crippen LogP contribution in [-0.2, 0) is 12.8 Å². The minimum Gasteiger partial charge on any atom is -0.340 e. The highest BCUT2D eigenvalue weighted by atomic mass is 79.9. The molecule has 2 aromatic rings. The highest BCUT2D eigenvalue weighted by molar-refractivity contribution is 9.10. The summed E-state index contributed by atoms with van der Waals surface area (Å²) in [6.07, 6.45) is 4.92. The highest BCUT2D eigenvalue weighted by Crippen LogP contribution is 2.30. The van der Waals surface area contributed by atoms with Crippen LogP contribution in [0.25, 0.3) is 0 Å². The fraction of sp³-hybridized carbons (Fsp3) is 0.412. The topological polar surface area (TPSA) is 37.8 Å². The average Bonchev–Trinajstić information content (AvgIpc) is 2.47. The van der Waals surface area contributed by atoms with Crippen molar-refractivity contribution in [2.75, 3.05) is 5.32 Å². The third-order valence-corrected chi connectivity index (χ3v) is 4.29. The van der Waals surface area contributed by atoms with E-state index in [1.165, 1.54) is 36.1 Å². The maximum atomic E-state index is 4.63. The maximum Gasteiger partial charge on any atom is 0.135 e. The molecule has 0 aliphatic heterocycles. The zero-order valence-electron chi connectivity index (χ0n) is 12.5. The third-order valence-electron chi connectivity index (χ3n) is 3.89. The van der Waals surface area contributed by atoms with E-state index in [4.69, 9.17) is 0 Å². The summed E-state index contributed by atoms with van der Waals surface area (Å²) in [5.74, 6) is 2.03. The van der Waals surface area contributed by atoms with E-state index in [1.54, 1.807) is 0 Å². The summed E-state index contributed by atoms with van der Waals surface area (Å²) in [7, 11) is 0. The van der Waals surface area contributed by atoms with Crippen molar-refractivity contribution in [3.05, 3.63) is 45.8 Å². The number of aromatic nitrogens is 2. The van der Waals surface area contributed by atoms with Gasteiger partial charge in [0, 0.05) is 17.7 Å². The Labute approximate surface area is 134 Å². The van der Waals surface area contributed by atoms with Crippen molar-refractivity contribution in [2.45, 2.75) is 45.4 Å². The zero-order chi connectivity index (χ0) is 14.8. The fourth-order valence-corrected chi connectivity index (χ4v) is 3.19. The quantitative estimate of drug-likeness (QED) is 0.796. The van der Waals surface area contributed by atoms with E-state index in [0.29, 0.717) is 5.92 Å². The van der Waals surface area contributed by atoms with Gasteiger partial charge >= 0.3 is 0 Å². The van der Waals surface area contributed by atoms with E-state index in [0.717, 1.165) is 22.7 Å². The van der Waals surface area contributed by atoms with Gasteiger partial charge in [0.05, 0.1) is 0 Å². The summed E-state index contributed by atoms with van der Waals surface area (Å²) in [6, 6.07) is 8.46. The van der Waals surface area contributed by atoms with E-state index >= 15 is 0 Å². The smallest absolute Gasteiger partial charge is 0.135 e. The van der Waals surface area contributed by atoms with Crippen LogP contribution in [0, 0.1) is 0 Å². The molecule has 21 heavy (non-hydrogen) atoms. The van der Waals surface area contributed by atoms with Crippen LogP contribution in [0.15, 0.2) is 28.9 Å². The van der Waals surface area contributed by atoms with Gasteiger partial charge in [-0.05, 0) is 58.8 Å². The SMILES string of the molecule is CC(C)c1nc(Br)cc(Nc2cccc3c2CCCC3)n1. The van der Waals surface area contributed by atoms with Gasteiger partial charge in [0.1, 0.15) is 16.2 Å². The van der Waals surface area contributed by atoms with Crippen molar-refractivity contribution >= 4 is 27.4 Å². The molecule has 0 spiro atoms. The average molecular weight is 346 g/mol. The molecule has 3 rings (SSSR count). The van der Waals surface area contributed by atoms with Crippen molar-refractivity contribution in [1.82, 2.24) is 9.97 Å². The molecule has 1 aliphatic carbocycles. The number of anilines is 2. The normalized spacial score (nSPS) is 14.1. The van der Waals surface area contributed by atoms with Gasteiger partial charge in [0.2, 0.25) is 0 Å². The first-order chi connectivity index (χ1) is 10.1. The summed E-state index contributed by atoms with van der Waals surface area (Å²) in [6.45, 7) is 4.21. The lowest BCUT2D eigenvalue weighted by Crippen LogP contribution is -2.08. The van der Waals surface area contributed by atoms with Gasteiger partial charge in [0.25, 0.3) is 0 Å². The first-order valence-corrected chi connectivity index (χ1v) is 8.35. The highest BCUT2D eigenvalue weighted by Gasteiger charge is 2.14. The molecule has 0 saturated heterocycles. The number of benzene rings is 1.